The van der Waals surface area contributed by atoms with Crippen molar-refractivity contribution in [2.24, 2.45) is 28.1 Å². The molecule has 3 aliphatic carbocycles. The Morgan fingerprint density at radius 2 is 2.00 bits per heavy atom. The van der Waals surface area contributed by atoms with Crippen LogP contribution in [0.3, 0.4) is 0 Å². The van der Waals surface area contributed by atoms with Gasteiger partial charge >= 0.3 is 5.97 Å². The highest BCUT2D eigenvalue weighted by Gasteiger charge is 2.61. The van der Waals surface area contributed by atoms with Gasteiger partial charge in [0.15, 0.2) is 0 Å². The van der Waals surface area contributed by atoms with Gasteiger partial charge in [-0.1, -0.05) is 38.0 Å². The van der Waals surface area contributed by atoms with Gasteiger partial charge in [0.2, 0.25) is 0 Å². The molecule has 0 aliphatic heterocycles. The molecule has 0 unspecified atom stereocenters. The molecule has 6 atom stereocenters. The summed E-state index contributed by atoms with van der Waals surface area (Å²) in [4.78, 5) is 12.0. The second-order valence-corrected chi connectivity index (χ2v) is 8.85. The van der Waals surface area contributed by atoms with Crippen LogP contribution in [0.4, 0.5) is 0 Å². The first-order valence-corrected chi connectivity index (χ1v) is 8.93. The number of aliphatic carboxylic acids is 1. The van der Waals surface area contributed by atoms with Gasteiger partial charge in [-0.15, -0.1) is 6.58 Å². The molecule has 0 radical (unpaired) electrons. The normalized spacial score (nSPS) is 49.6. The van der Waals surface area contributed by atoms with Crippen molar-refractivity contribution >= 4 is 5.97 Å². The summed E-state index contributed by atoms with van der Waals surface area (Å²) >= 11 is 0. The molecule has 0 aromatic heterocycles. The number of hydrogen-bond donors (Lipinski definition) is 2. The molecule has 2 fully saturated rings. The van der Waals surface area contributed by atoms with Gasteiger partial charge in [-0.25, -0.2) is 0 Å². The van der Waals surface area contributed by atoms with Crippen molar-refractivity contribution in [3.8, 4) is 0 Å². The summed E-state index contributed by atoms with van der Waals surface area (Å²) in [7, 11) is 0. The number of hydrogen-bond acceptors (Lipinski definition) is 2. The Bertz CT molecular complexity index is 565. The zero-order valence-corrected chi connectivity index (χ0v) is 14.6. The highest BCUT2D eigenvalue weighted by molar-refractivity contribution is 5.75. The number of fused-ring (bicyclic) bond motifs is 3. The van der Waals surface area contributed by atoms with E-state index in [1.807, 2.05) is 13.0 Å². The first-order chi connectivity index (χ1) is 10.7. The fraction of sp³-hybridized carbons (Fsp3) is 0.750. The summed E-state index contributed by atoms with van der Waals surface area (Å²) in [5.41, 5.74) is 0.424. The molecule has 3 rings (SSSR count). The monoisotopic (exact) mass is 318 g/mol. The molecule has 2 saturated carbocycles. The van der Waals surface area contributed by atoms with Gasteiger partial charge in [0.1, 0.15) is 0 Å². The lowest BCUT2D eigenvalue weighted by atomic mass is 9.44. The quantitative estimate of drug-likeness (QED) is 0.751. The summed E-state index contributed by atoms with van der Waals surface area (Å²) in [5.74, 6) is -0.494. The molecule has 0 heterocycles. The van der Waals surface area contributed by atoms with Gasteiger partial charge in [-0.05, 0) is 50.4 Å². The molecule has 0 amide bonds. The maximum absolute atomic E-state index is 12.0. The maximum Gasteiger partial charge on any atom is 0.309 e. The number of carboxylic acids is 1. The van der Waals surface area contributed by atoms with E-state index in [-0.39, 0.29) is 16.7 Å². The van der Waals surface area contributed by atoms with Gasteiger partial charge in [-0.3, -0.25) is 4.79 Å². The summed E-state index contributed by atoms with van der Waals surface area (Å²) in [6.45, 7) is 10.3. The number of rotatable bonds is 2. The third-order valence-electron chi connectivity index (χ3n) is 7.32. The highest BCUT2D eigenvalue weighted by atomic mass is 16.4. The van der Waals surface area contributed by atoms with Crippen LogP contribution in [0, 0.1) is 28.1 Å². The summed E-state index contributed by atoms with van der Waals surface area (Å²) < 4.78 is 0. The third kappa shape index (κ3) is 2.31. The van der Waals surface area contributed by atoms with Gasteiger partial charge in [0.05, 0.1) is 11.5 Å². The molecule has 0 aromatic rings. The third-order valence-corrected chi connectivity index (χ3v) is 7.32. The second-order valence-electron chi connectivity index (χ2n) is 8.85. The van der Waals surface area contributed by atoms with E-state index in [4.69, 9.17) is 0 Å². The standard InChI is InChI=1S/C20H30O3/c1-5-18(2)10-7-14-13(12-18)11-15(21)16-19(14,3)8-6-9-20(16,4)17(22)23/h5,12,14-16,21H,1,6-11H2,2-4H3,(H,22,23)/t14-,15+,16+,18+,19-,20-/m1/s1. The Kier molecular flexibility index (Phi) is 3.79. The summed E-state index contributed by atoms with van der Waals surface area (Å²) in [6, 6.07) is 0. The first kappa shape index (κ1) is 16.8. The van der Waals surface area contributed by atoms with E-state index in [9.17, 15) is 15.0 Å². The predicted octanol–water partition coefficient (Wildman–Crippen LogP) is 4.18. The van der Waals surface area contributed by atoms with Crippen LogP contribution in [0.1, 0.15) is 59.3 Å². The largest absolute Gasteiger partial charge is 0.481 e. The lowest BCUT2D eigenvalue weighted by molar-refractivity contribution is -0.177. The summed E-state index contributed by atoms with van der Waals surface area (Å²) in [6.07, 6.45) is 9.15. The summed E-state index contributed by atoms with van der Waals surface area (Å²) in [5, 5.41) is 20.8. The Labute approximate surface area is 139 Å². The van der Waals surface area contributed by atoms with E-state index in [2.05, 4.69) is 26.5 Å². The number of aliphatic hydroxyl groups excluding tert-OH is 1. The van der Waals surface area contributed by atoms with Crippen LogP contribution in [0.15, 0.2) is 24.3 Å². The van der Waals surface area contributed by atoms with Crippen LogP contribution in [0.25, 0.3) is 0 Å². The van der Waals surface area contributed by atoms with Crippen LogP contribution in [-0.4, -0.2) is 22.3 Å². The number of allylic oxidation sites excluding steroid dienone is 2. The maximum atomic E-state index is 12.0. The van der Waals surface area contributed by atoms with Gasteiger partial charge < -0.3 is 10.2 Å². The van der Waals surface area contributed by atoms with E-state index in [1.54, 1.807) is 0 Å². The Morgan fingerprint density at radius 1 is 1.30 bits per heavy atom. The predicted molar refractivity (Wildman–Crippen MR) is 90.9 cm³/mol. The zero-order valence-electron chi connectivity index (χ0n) is 14.6. The molecular weight excluding hydrogens is 288 g/mol. The molecule has 0 bridgehead atoms. The van der Waals surface area contributed by atoms with Crippen molar-refractivity contribution in [3.05, 3.63) is 24.3 Å². The van der Waals surface area contributed by atoms with E-state index < -0.39 is 17.5 Å². The molecule has 23 heavy (non-hydrogen) atoms. The van der Waals surface area contributed by atoms with Crippen molar-refractivity contribution in [1.82, 2.24) is 0 Å². The first-order valence-electron chi connectivity index (χ1n) is 8.93. The van der Waals surface area contributed by atoms with Gasteiger partial charge in [0.25, 0.3) is 0 Å². The van der Waals surface area contributed by atoms with Crippen LogP contribution in [0.5, 0.6) is 0 Å². The highest BCUT2D eigenvalue weighted by Crippen LogP contribution is 2.63. The minimum atomic E-state index is -0.808. The SMILES string of the molecule is C=C[C@]1(C)C=C2C[C@H](O)[C@H]3[C@](C)(CCC[C@@]3(C)C(=O)O)[C@@H]2CC1. The molecule has 2 N–H and O–H groups in total. The van der Waals surface area contributed by atoms with E-state index in [0.717, 1.165) is 25.7 Å². The lowest BCUT2D eigenvalue weighted by Gasteiger charge is -2.60. The van der Waals surface area contributed by atoms with Crippen LogP contribution in [0.2, 0.25) is 0 Å². The number of carbonyl (C=O) groups is 1. The molecular formula is C20H30O3. The average molecular weight is 318 g/mol. The fourth-order valence-corrected chi connectivity index (χ4v) is 6.08. The van der Waals surface area contributed by atoms with Crippen molar-refractivity contribution in [2.75, 3.05) is 0 Å². The molecule has 3 nitrogen and oxygen atoms in total. The number of carboxylic acid groups (broad SMARTS) is 1. The topological polar surface area (TPSA) is 57.5 Å². The van der Waals surface area contributed by atoms with E-state index >= 15 is 0 Å². The molecule has 0 saturated heterocycles. The van der Waals surface area contributed by atoms with Crippen LogP contribution < -0.4 is 0 Å². The molecule has 3 heteroatoms. The zero-order chi connectivity index (χ0) is 17.0. The minimum absolute atomic E-state index is 0.0134. The minimum Gasteiger partial charge on any atom is -0.481 e. The van der Waals surface area contributed by atoms with Crippen molar-refractivity contribution < 1.29 is 15.0 Å². The van der Waals surface area contributed by atoms with Crippen molar-refractivity contribution in [2.45, 2.75) is 65.4 Å². The molecule has 0 spiro atoms. The van der Waals surface area contributed by atoms with Crippen molar-refractivity contribution in [1.29, 1.82) is 0 Å². The average Bonchev–Trinajstić information content (AvgIpc) is 2.46. The van der Waals surface area contributed by atoms with E-state index in [1.165, 1.54) is 5.57 Å². The van der Waals surface area contributed by atoms with E-state index in [0.29, 0.717) is 18.8 Å². The van der Waals surface area contributed by atoms with Crippen LogP contribution >= 0.6 is 0 Å². The fourth-order valence-electron chi connectivity index (χ4n) is 6.08. The van der Waals surface area contributed by atoms with Crippen LogP contribution in [-0.2, 0) is 4.79 Å². The van der Waals surface area contributed by atoms with Gasteiger partial charge in [0, 0.05) is 11.3 Å². The molecule has 0 aromatic carbocycles. The van der Waals surface area contributed by atoms with Crippen molar-refractivity contribution in [3.63, 3.8) is 0 Å². The number of aliphatic hydroxyl groups is 1. The Hall–Kier alpha value is -1.09. The lowest BCUT2D eigenvalue weighted by Crippen LogP contribution is -2.59. The smallest absolute Gasteiger partial charge is 0.309 e. The Balaban J connectivity index is 2.06. The second kappa shape index (κ2) is 5.20. The Morgan fingerprint density at radius 3 is 2.61 bits per heavy atom. The molecule has 128 valence electrons. The van der Waals surface area contributed by atoms with Gasteiger partial charge in [-0.2, -0.15) is 0 Å². The molecule has 3 aliphatic rings.